The lowest BCUT2D eigenvalue weighted by molar-refractivity contribution is 0.669. The van der Waals surface area contributed by atoms with Crippen LogP contribution in [0.15, 0.2) is 217 Å². The van der Waals surface area contributed by atoms with Gasteiger partial charge >= 0.3 is 0 Å². The predicted octanol–water partition coefficient (Wildman–Crippen LogP) is 16.2. The first kappa shape index (κ1) is 32.6. The Labute approximate surface area is 335 Å². The van der Waals surface area contributed by atoms with Crippen LogP contribution in [0.1, 0.15) is 0 Å². The summed E-state index contributed by atoms with van der Waals surface area (Å²) in [4.78, 5) is 2.36. The van der Waals surface area contributed by atoms with Crippen LogP contribution in [0.3, 0.4) is 0 Å². The quantitative estimate of drug-likeness (QED) is 0.164. The number of fused-ring (bicyclic) bond motifs is 11. The number of benzene rings is 11. The van der Waals surface area contributed by atoms with E-state index in [1.165, 1.54) is 76.1 Å². The molecule has 0 fully saturated rings. The molecule has 12 rings (SSSR count). The highest BCUT2D eigenvalue weighted by molar-refractivity contribution is 6.23. The molecule has 2 nitrogen and oxygen atoms in total. The van der Waals surface area contributed by atoms with Gasteiger partial charge in [-0.05, 0) is 125 Å². The van der Waals surface area contributed by atoms with Gasteiger partial charge in [0.2, 0.25) is 0 Å². The fraction of sp³-hybridized carbons (Fsp3) is 0. The monoisotopic (exact) mass is 737 g/mol. The summed E-state index contributed by atoms with van der Waals surface area (Å²) in [6, 6.07) is 77.0. The summed E-state index contributed by atoms with van der Waals surface area (Å²) >= 11 is 0. The predicted molar refractivity (Wildman–Crippen MR) is 247 cm³/mol. The summed E-state index contributed by atoms with van der Waals surface area (Å²) in [7, 11) is 0. The van der Waals surface area contributed by atoms with Crippen molar-refractivity contribution in [3.8, 4) is 22.3 Å². The van der Waals surface area contributed by atoms with Gasteiger partial charge in [0, 0.05) is 22.1 Å². The van der Waals surface area contributed by atoms with E-state index in [2.05, 4.69) is 217 Å². The number of rotatable bonds is 5. The number of hydrogen-bond acceptors (Lipinski definition) is 2. The Bertz CT molecular complexity index is 3400. The van der Waals surface area contributed by atoms with Crippen molar-refractivity contribution >= 4 is 92.9 Å². The lowest BCUT2D eigenvalue weighted by atomic mass is 9.93. The van der Waals surface area contributed by atoms with E-state index >= 15 is 0 Å². The van der Waals surface area contributed by atoms with Gasteiger partial charge in [-0.2, -0.15) is 0 Å². The van der Waals surface area contributed by atoms with E-state index in [1.807, 2.05) is 0 Å². The molecular formula is C56H35NO. The van der Waals surface area contributed by atoms with Gasteiger partial charge in [-0.15, -0.1) is 0 Å². The second kappa shape index (κ2) is 12.9. The van der Waals surface area contributed by atoms with Crippen molar-refractivity contribution < 1.29 is 4.42 Å². The minimum Gasteiger partial charge on any atom is -0.454 e. The zero-order valence-electron chi connectivity index (χ0n) is 31.6. The van der Waals surface area contributed by atoms with E-state index in [9.17, 15) is 0 Å². The van der Waals surface area contributed by atoms with E-state index in [-0.39, 0.29) is 0 Å². The Morgan fingerprint density at radius 1 is 0.310 bits per heavy atom. The van der Waals surface area contributed by atoms with Gasteiger partial charge in [0.15, 0.2) is 5.58 Å². The highest BCUT2D eigenvalue weighted by atomic mass is 16.3. The third-order valence-corrected chi connectivity index (χ3v) is 12.0. The Kier molecular flexibility index (Phi) is 7.26. The molecular weight excluding hydrogens is 703 g/mol. The lowest BCUT2D eigenvalue weighted by Crippen LogP contribution is -2.10. The third kappa shape index (κ3) is 5.05. The molecule has 270 valence electrons. The summed E-state index contributed by atoms with van der Waals surface area (Å²) < 4.78 is 6.84. The first-order valence-corrected chi connectivity index (χ1v) is 19.9. The van der Waals surface area contributed by atoms with Crippen LogP contribution in [0.4, 0.5) is 17.1 Å². The molecule has 12 aromatic rings. The molecule has 0 saturated carbocycles. The normalized spacial score (nSPS) is 11.8. The molecule has 0 amide bonds. The Hall–Kier alpha value is -7.68. The van der Waals surface area contributed by atoms with Gasteiger partial charge in [0.05, 0.1) is 5.69 Å². The minimum absolute atomic E-state index is 0.870. The average molecular weight is 738 g/mol. The van der Waals surface area contributed by atoms with Crippen LogP contribution in [0.5, 0.6) is 0 Å². The number of furan rings is 1. The molecule has 1 heterocycles. The van der Waals surface area contributed by atoms with Gasteiger partial charge in [-0.3, -0.25) is 0 Å². The Morgan fingerprint density at radius 3 is 1.22 bits per heavy atom. The summed E-state index contributed by atoms with van der Waals surface area (Å²) in [5, 5.41) is 14.7. The fourth-order valence-electron chi connectivity index (χ4n) is 9.32. The van der Waals surface area contributed by atoms with E-state index in [4.69, 9.17) is 4.42 Å². The number of nitrogens with zero attached hydrogens (tertiary/aromatic N) is 1. The second-order valence-electron chi connectivity index (χ2n) is 15.2. The molecule has 0 aliphatic heterocycles. The van der Waals surface area contributed by atoms with E-state index < -0.39 is 0 Å². The van der Waals surface area contributed by atoms with Crippen LogP contribution in [0, 0.1) is 0 Å². The van der Waals surface area contributed by atoms with Gasteiger partial charge in [0.1, 0.15) is 5.58 Å². The van der Waals surface area contributed by atoms with Gasteiger partial charge in [0.25, 0.3) is 0 Å². The van der Waals surface area contributed by atoms with Crippen LogP contribution in [-0.4, -0.2) is 0 Å². The second-order valence-corrected chi connectivity index (χ2v) is 15.2. The smallest absolute Gasteiger partial charge is 0.160 e. The average Bonchev–Trinajstić information content (AvgIpc) is 3.69. The molecule has 0 atom stereocenters. The molecule has 0 aliphatic rings. The molecule has 0 saturated heterocycles. The lowest BCUT2D eigenvalue weighted by Gasteiger charge is -2.26. The van der Waals surface area contributed by atoms with Gasteiger partial charge in [-0.25, -0.2) is 0 Å². The van der Waals surface area contributed by atoms with Crippen molar-refractivity contribution in [2.24, 2.45) is 0 Å². The molecule has 0 aliphatic carbocycles. The molecule has 58 heavy (non-hydrogen) atoms. The summed E-state index contributed by atoms with van der Waals surface area (Å²) in [5.41, 5.74) is 9.66. The minimum atomic E-state index is 0.870. The zero-order valence-corrected chi connectivity index (χ0v) is 31.6. The Balaban J connectivity index is 1.06. The van der Waals surface area contributed by atoms with Crippen molar-refractivity contribution in [3.05, 3.63) is 212 Å². The summed E-state index contributed by atoms with van der Waals surface area (Å²) in [5.74, 6) is 0. The topological polar surface area (TPSA) is 16.4 Å². The van der Waals surface area contributed by atoms with Crippen LogP contribution in [0.2, 0.25) is 0 Å². The highest BCUT2D eigenvalue weighted by Crippen LogP contribution is 2.47. The molecule has 0 radical (unpaired) electrons. The number of para-hydroxylation sites is 1. The van der Waals surface area contributed by atoms with E-state index in [1.54, 1.807) is 0 Å². The van der Waals surface area contributed by atoms with Crippen LogP contribution in [0.25, 0.3) is 98.1 Å². The first-order valence-electron chi connectivity index (χ1n) is 19.9. The third-order valence-electron chi connectivity index (χ3n) is 12.0. The van der Waals surface area contributed by atoms with Crippen molar-refractivity contribution in [2.45, 2.75) is 0 Å². The Morgan fingerprint density at radius 2 is 0.707 bits per heavy atom. The number of anilines is 3. The van der Waals surface area contributed by atoms with Crippen LogP contribution >= 0.6 is 0 Å². The number of hydrogen-bond donors (Lipinski definition) is 0. The summed E-state index contributed by atoms with van der Waals surface area (Å²) in [6.07, 6.45) is 0. The van der Waals surface area contributed by atoms with Gasteiger partial charge in [-0.1, -0.05) is 164 Å². The molecule has 0 N–H and O–H groups in total. The van der Waals surface area contributed by atoms with E-state index in [0.717, 1.165) is 39.0 Å². The SMILES string of the molecule is c1ccc2c(c1)cc(-c1ccc(N(c3ccc(-c4cc5ccccc5c5ccccc45)cc3)c3cc4ccccc4c4c3oc3ccccc34)cc1)c1ccccc12. The maximum Gasteiger partial charge on any atom is 0.160 e. The van der Waals surface area contributed by atoms with Crippen molar-refractivity contribution in [2.75, 3.05) is 4.90 Å². The highest BCUT2D eigenvalue weighted by Gasteiger charge is 2.22. The molecule has 11 aromatic carbocycles. The zero-order chi connectivity index (χ0) is 38.2. The molecule has 0 spiro atoms. The van der Waals surface area contributed by atoms with Crippen molar-refractivity contribution in [1.29, 1.82) is 0 Å². The standard InChI is InChI=1S/C56H35NO/c1-4-16-43-38(13-1)33-51(48-21-9-7-19-46(43)48)36-25-29-41(30-26-36)57(53-35-40-15-3-6-18-45(40)55-50-23-11-12-24-54(50)58-56(53)55)42-31-27-37(28-32-42)52-34-39-14-2-5-17-44(39)47-20-8-10-22-49(47)52/h1-35H. The maximum absolute atomic E-state index is 6.84. The van der Waals surface area contributed by atoms with Crippen LogP contribution in [-0.2, 0) is 0 Å². The fourth-order valence-corrected chi connectivity index (χ4v) is 9.32. The van der Waals surface area contributed by atoms with E-state index in [0.29, 0.717) is 0 Å². The first-order chi connectivity index (χ1) is 28.8. The molecule has 0 bridgehead atoms. The maximum atomic E-state index is 6.84. The summed E-state index contributed by atoms with van der Waals surface area (Å²) in [6.45, 7) is 0. The van der Waals surface area contributed by atoms with Crippen molar-refractivity contribution in [1.82, 2.24) is 0 Å². The van der Waals surface area contributed by atoms with Gasteiger partial charge < -0.3 is 9.32 Å². The van der Waals surface area contributed by atoms with Crippen molar-refractivity contribution in [3.63, 3.8) is 0 Å². The van der Waals surface area contributed by atoms with Crippen LogP contribution < -0.4 is 4.90 Å². The molecule has 1 aromatic heterocycles. The largest absolute Gasteiger partial charge is 0.454 e. The molecule has 2 heteroatoms. The molecule has 0 unspecified atom stereocenters.